The van der Waals surface area contributed by atoms with Crippen LogP contribution in [0.25, 0.3) is 0 Å². The van der Waals surface area contributed by atoms with Crippen molar-refractivity contribution in [3.8, 4) is 0 Å². The zero-order valence-electron chi connectivity index (χ0n) is 8.53. The van der Waals surface area contributed by atoms with E-state index in [1.807, 2.05) is 0 Å². The molecule has 0 aliphatic rings. The van der Waals surface area contributed by atoms with Gasteiger partial charge in [-0.05, 0) is 26.9 Å². The van der Waals surface area contributed by atoms with Gasteiger partial charge in [0, 0.05) is 6.04 Å². The molecule has 13 heavy (non-hydrogen) atoms. The van der Waals surface area contributed by atoms with E-state index < -0.39 is 7.25 Å². The molecule has 0 aromatic carbocycles. The second kappa shape index (κ2) is 7.18. The third-order valence-corrected chi connectivity index (χ3v) is 1.54. The van der Waals surface area contributed by atoms with Crippen molar-refractivity contribution in [3.05, 3.63) is 0 Å². The zero-order valence-corrected chi connectivity index (χ0v) is 8.53. The van der Waals surface area contributed by atoms with Crippen molar-refractivity contribution in [2.75, 3.05) is 13.1 Å². The molecule has 0 spiro atoms. The minimum absolute atomic E-state index is 0.713. The Kier molecular flexibility index (Phi) is 8.41. The molecular weight excluding hydrogens is 185 g/mol. The quantitative estimate of drug-likeness (QED) is 0.502. The van der Waals surface area contributed by atoms with Gasteiger partial charge in [0.2, 0.25) is 0 Å². The molecule has 0 fully saturated rings. The van der Waals surface area contributed by atoms with Crippen LogP contribution in [-0.2, 0) is 0 Å². The fourth-order valence-electron chi connectivity index (χ4n) is 0.954. The van der Waals surface area contributed by atoms with Crippen LogP contribution < -0.4 is 0 Å². The molecule has 0 aliphatic heterocycles. The normalized spacial score (nSPS) is 11.5. The van der Waals surface area contributed by atoms with Crippen molar-refractivity contribution in [2.45, 2.75) is 33.7 Å². The van der Waals surface area contributed by atoms with E-state index in [0.29, 0.717) is 6.04 Å². The summed E-state index contributed by atoms with van der Waals surface area (Å²) in [6.07, 6.45) is 0. The van der Waals surface area contributed by atoms with Gasteiger partial charge in [0.25, 0.3) is 0 Å². The van der Waals surface area contributed by atoms with Gasteiger partial charge in [-0.2, -0.15) is 0 Å². The van der Waals surface area contributed by atoms with Gasteiger partial charge < -0.3 is 22.2 Å². The third kappa shape index (κ3) is 18.6. The molecule has 0 aromatic rings. The summed E-state index contributed by atoms with van der Waals surface area (Å²) in [6, 6.07) is 0.713. The molecule has 0 unspecified atom stereocenters. The Morgan fingerprint density at radius 1 is 1.00 bits per heavy atom. The lowest BCUT2D eigenvalue weighted by Crippen LogP contribution is -2.29. The Morgan fingerprint density at radius 3 is 1.23 bits per heavy atom. The van der Waals surface area contributed by atoms with E-state index >= 15 is 0 Å². The van der Waals surface area contributed by atoms with Gasteiger partial charge in [-0.25, -0.2) is 0 Å². The summed E-state index contributed by atoms with van der Waals surface area (Å²) in [7, 11) is -6.00. The van der Waals surface area contributed by atoms with Crippen molar-refractivity contribution >= 4 is 7.25 Å². The van der Waals surface area contributed by atoms with E-state index in [1.54, 1.807) is 0 Å². The molecule has 1 nitrogen and oxygen atoms in total. The van der Waals surface area contributed by atoms with Gasteiger partial charge in [-0.1, -0.05) is 13.8 Å². The van der Waals surface area contributed by atoms with Crippen molar-refractivity contribution < 1.29 is 17.3 Å². The first kappa shape index (κ1) is 15.2. The maximum absolute atomic E-state index is 9.75. The minimum Gasteiger partial charge on any atom is -0.418 e. The summed E-state index contributed by atoms with van der Waals surface area (Å²) >= 11 is 0. The van der Waals surface area contributed by atoms with Crippen LogP contribution in [-0.4, -0.2) is 31.3 Å². The molecule has 0 aliphatic carbocycles. The Hall–Kier alpha value is -0.255. The van der Waals surface area contributed by atoms with E-state index in [9.17, 15) is 17.3 Å². The van der Waals surface area contributed by atoms with Gasteiger partial charge >= 0.3 is 7.25 Å². The minimum atomic E-state index is -6.00. The van der Waals surface area contributed by atoms with Gasteiger partial charge in [0.1, 0.15) is 0 Å². The number of halogens is 4. The van der Waals surface area contributed by atoms with Gasteiger partial charge in [0.15, 0.2) is 0 Å². The zero-order chi connectivity index (χ0) is 11.1. The average molecular weight is 202 g/mol. The van der Waals surface area contributed by atoms with Gasteiger partial charge in [-0.3, -0.25) is 0 Å². The highest BCUT2D eigenvalue weighted by Gasteiger charge is 2.20. The lowest BCUT2D eigenvalue weighted by atomic mass is 10.3. The maximum atomic E-state index is 9.75. The third-order valence-electron chi connectivity index (χ3n) is 1.54. The molecule has 6 heteroatoms. The van der Waals surface area contributed by atoms with Gasteiger partial charge in [-0.15, -0.1) is 0 Å². The summed E-state index contributed by atoms with van der Waals surface area (Å²) < 4.78 is 39.0. The molecule has 0 amide bonds. The first-order valence-corrected chi connectivity index (χ1v) is 4.33. The van der Waals surface area contributed by atoms with Crippen LogP contribution >= 0.6 is 0 Å². The van der Waals surface area contributed by atoms with E-state index in [2.05, 4.69) is 32.6 Å². The molecule has 0 rings (SSSR count). The van der Waals surface area contributed by atoms with Crippen LogP contribution in [0, 0.1) is 0 Å². The predicted octanol–water partition coefficient (Wildman–Crippen LogP) is 3.04. The highest BCUT2D eigenvalue weighted by Crippen LogP contribution is 2.06. The van der Waals surface area contributed by atoms with Crippen LogP contribution in [0.5, 0.6) is 0 Å². The first-order valence-electron chi connectivity index (χ1n) is 4.33. The largest absolute Gasteiger partial charge is 0.673 e. The highest BCUT2D eigenvalue weighted by molar-refractivity contribution is 6.50. The summed E-state index contributed by atoms with van der Waals surface area (Å²) in [5, 5.41) is 0. The average Bonchev–Trinajstić information content (AvgIpc) is 1.85. The monoisotopic (exact) mass is 202 g/mol. The van der Waals surface area contributed by atoms with Crippen molar-refractivity contribution in [2.24, 2.45) is 0 Å². The SMILES string of the molecule is CCN(CC)C(C)C.F[B-](F)(F)F. The van der Waals surface area contributed by atoms with Crippen molar-refractivity contribution in [1.82, 2.24) is 4.90 Å². The Morgan fingerprint density at radius 2 is 1.23 bits per heavy atom. The molecule has 0 saturated heterocycles. The van der Waals surface area contributed by atoms with E-state index in [-0.39, 0.29) is 0 Å². The summed E-state index contributed by atoms with van der Waals surface area (Å²) in [6.45, 7) is 11.2. The van der Waals surface area contributed by atoms with Crippen LogP contribution in [0.1, 0.15) is 27.7 Å². The lowest BCUT2D eigenvalue weighted by molar-refractivity contribution is 0.246. The molecule has 0 saturated carbocycles. The maximum Gasteiger partial charge on any atom is 0.673 e. The highest BCUT2D eigenvalue weighted by atomic mass is 19.5. The van der Waals surface area contributed by atoms with Crippen molar-refractivity contribution in [3.63, 3.8) is 0 Å². The van der Waals surface area contributed by atoms with Gasteiger partial charge in [0.05, 0.1) is 0 Å². The van der Waals surface area contributed by atoms with Crippen LogP contribution in [0.15, 0.2) is 0 Å². The fraction of sp³-hybridized carbons (Fsp3) is 1.00. The summed E-state index contributed by atoms with van der Waals surface area (Å²) in [4.78, 5) is 2.42. The second-order valence-electron chi connectivity index (χ2n) is 2.81. The van der Waals surface area contributed by atoms with E-state index in [1.165, 1.54) is 13.1 Å². The standard InChI is InChI=1S/C7H17N.BF4/c1-5-8(6-2)7(3)4;2-1(3,4)5/h7H,5-6H2,1-4H3;/q;-1. The molecule has 82 valence electrons. The Bertz CT molecular complexity index is 106. The topological polar surface area (TPSA) is 3.24 Å². The molecular formula is C7H17BF4N-. The first-order chi connectivity index (χ1) is 5.72. The smallest absolute Gasteiger partial charge is 0.418 e. The lowest BCUT2D eigenvalue weighted by Gasteiger charge is -2.21. The molecule has 0 bridgehead atoms. The molecule has 0 radical (unpaired) electrons. The van der Waals surface area contributed by atoms with Crippen LogP contribution in [0.2, 0.25) is 0 Å². The molecule has 0 heterocycles. The molecule has 0 atom stereocenters. The van der Waals surface area contributed by atoms with E-state index in [4.69, 9.17) is 0 Å². The molecule has 0 N–H and O–H groups in total. The summed E-state index contributed by atoms with van der Waals surface area (Å²) in [5.74, 6) is 0. The van der Waals surface area contributed by atoms with Crippen LogP contribution in [0.3, 0.4) is 0 Å². The number of hydrogen-bond donors (Lipinski definition) is 0. The van der Waals surface area contributed by atoms with Crippen LogP contribution in [0.4, 0.5) is 17.3 Å². The van der Waals surface area contributed by atoms with E-state index in [0.717, 1.165) is 0 Å². The number of nitrogens with zero attached hydrogens (tertiary/aromatic N) is 1. The fourth-order valence-corrected chi connectivity index (χ4v) is 0.954. The molecule has 0 aromatic heterocycles. The second-order valence-corrected chi connectivity index (χ2v) is 2.81. The number of hydrogen-bond acceptors (Lipinski definition) is 1. The summed E-state index contributed by atoms with van der Waals surface area (Å²) in [5.41, 5.74) is 0. The Labute approximate surface area is 77.2 Å². The Balaban J connectivity index is 0. The number of rotatable bonds is 3. The van der Waals surface area contributed by atoms with Crippen molar-refractivity contribution in [1.29, 1.82) is 0 Å². The predicted molar refractivity (Wildman–Crippen MR) is 48.2 cm³/mol.